The van der Waals surface area contributed by atoms with Gasteiger partial charge in [0.25, 0.3) is 0 Å². The molecule has 0 aliphatic heterocycles. The molecule has 0 bridgehead atoms. The number of aliphatic imine (C=N–C) groups is 1. The Labute approximate surface area is 165 Å². The average Bonchev–Trinajstić information content (AvgIpc) is 3.27. The van der Waals surface area contributed by atoms with Crippen LogP contribution in [0.25, 0.3) is 5.82 Å². The summed E-state index contributed by atoms with van der Waals surface area (Å²) in [5.41, 5.74) is 3.47. The molecule has 7 heteroatoms. The monoisotopic (exact) mass is 378 g/mol. The third-order valence-corrected chi connectivity index (χ3v) is 4.41. The molecule has 2 N–H and O–H groups in total. The molecule has 0 unspecified atom stereocenters. The van der Waals surface area contributed by atoms with Gasteiger partial charge in [-0.25, -0.2) is 9.67 Å². The molecule has 146 valence electrons. The molecule has 0 saturated heterocycles. The van der Waals surface area contributed by atoms with E-state index in [0.717, 1.165) is 41.6 Å². The van der Waals surface area contributed by atoms with Crippen molar-refractivity contribution in [2.75, 3.05) is 20.7 Å². The van der Waals surface area contributed by atoms with Gasteiger partial charge in [-0.05, 0) is 54.3 Å². The molecule has 0 radical (unpaired) electrons. The van der Waals surface area contributed by atoms with Gasteiger partial charge in [-0.1, -0.05) is 12.1 Å². The second-order valence-electron chi connectivity index (χ2n) is 6.38. The van der Waals surface area contributed by atoms with Crippen molar-refractivity contribution < 1.29 is 4.74 Å². The highest BCUT2D eigenvalue weighted by molar-refractivity contribution is 5.79. The van der Waals surface area contributed by atoms with Crippen LogP contribution in [0.2, 0.25) is 0 Å². The van der Waals surface area contributed by atoms with Crippen LogP contribution >= 0.6 is 0 Å². The second-order valence-corrected chi connectivity index (χ2v) is 6.38. The number of rotatable bonds is 7. The Morgan fingerprint density at radius 2 is 2.04 bits per heavy atom. The third kappa shape index (κ3) is 5.09. The van der Waals surface area contributed by atoms with Crippen molar-refractivity contribution in [2.45, 2.75) is 19.9 Å². The smallest absolute Gasteiger partial charge is 0.191 e. The summed E-state index contributed by atoms with van der Waals surface area (Å²) in [5, 5.41) is 10.9. The Morgan fingerprint density at radius 1 is 1.14 bits per heavy atom. The van der Waals surface area contributed by atoms with E-state index in [0.29, 0.717) is 6.54 Å². The fraction of sp³-hybridized carbons (Fsp3) is 0.286. The summed E-state index contributed by atoms with van der Waals surface area (Å²) in [6, 6.07) is 12.2. The summed E-state index contributed by atoms with van der Waals surface area (Å²) >= 11 is 0. The lowest BCUT2D eigenvalue weighted by Gasteiger charge is -2.13. The van der Waals surface area contributed by atoms with Crippen molar-refractivity contribution in [3.05, 3.63) is 71.7 Å². The van der Waals surface area contributed by atoms with Gasteiger partial charge in [-0.15, -0.1) is 0 Å². The minimum atomic E-state index is 0.648. The Balaban J connectivity index is 1.51. The van der Waals surface area contributed by atoms with Crippen LogP contribution in [0.4, 0.5) is 0 Å². The number of hydrogen-bond donors (Lipinski definition) is 2. The van der Waals surface area contributed by atoms with Gasteiger partial charge in [0.05, 0.1) is 7.11 Å². The van der Waals surface area contributed by atoms with Crippen molar-refractivity contribution in [1.82, 2.24) is 25.4 Å². The van der Waals surface area contributed by atoms with E-state index in [4.69, 9.17) is 4.74 Å². The van der Waals surface area contributed by atoms with Crippen LogP contribution in [-0.2, 0) is 13.0 Å². The number of aryl methyl sites for hydroxylation is 1. The molecule has 0 aliphatic rings. The van der Waals surface area contributed by atoms with Crippen LogP contribution in [0.1, 0.15) is 16.7 Å². The lowest BCUT2D eigenvalue weighted by atomic mass is 10.1. The van der Waals surface area contributed by atoms with E-state index >= 15 is 0 Å². The van der Waals surface area contributed by atoms with Gasteiger partial charge < -0.3 is 15.4 Å². The lowest BCUT2D eigenvalue weighted by molar-refractivity contribution is 0.411. The number of ether oxygens (including phenoxy) is 1. The molecular weight excluding hydrogens is 352 g/mol. The van der Waals surface area contributed by atoms with Gasteiger partial charge >= 0.3 is 0 Å². The van der Waals surface area contributed by atoms with Gasteiger partial charge in [0.15, 0.2) is 11.8 Å². The predicted octanol–water partition coefficient (Wildman–Crippen LogP) is 2.49. The van der Waals surface area contributed by atoms with Gasteiger partial charge in [-0.2, -0.15) is 5.10 Å². The maximum absolute atomic E-state index is 5.39. The zero-order valence-electron chi connectivity index (χ0n) is 16.5. The first-order chi connectivity index (χ1) is 13.7. The number of pyridine rings is 1. The fourth-order valence-corrected chi connectivity index (χ4v) is 2.85. The molecule has 0 fully saturated rings. The van der Waals surface area contributed by atoms with Crippen molar-refractivity contribution in [2.24, 2.45) is 4.99 Å². The van der Waals surface area contributed by atoms with Gasteiger partial charge in [0, 0.05) is 38.7 Å². The van der Waals surface area contributed by atoms with Crippen molar-refractivity contribution in [3.63, 3.8) is 0 Å². The SMILES string of the molecule is CN=C(NCCc1ccc(C)c(OC)c1)NCc1ccnc(-n2cccn2)c1. The van der Waals surface area contributed by atoms with Gasteiger partial charge in [0.2, 0.25) is 0 Å². The molecule has 3 aromatic rings. The minimum Gasteiger partial charge on any atom is -0.496 e. The zero-order valence-corrected chi connectivity index (χ0v) is 16.5. The molecule has 0 aliphatic carbocycles. The fourth-order valence-electron chi connectivity index (χ4n) is 2.85. The molecule has 0 atom stereocenters. The second kappa shape index (κ2) is 9.55. The van der Waals surface area contributed by atoms with E-state index < -0.39 is 0 Å². The van der Waals surface area contributed by atoms with Gasteiger partial charge in [0.1, 0.15) is 5.75 Å². The topological polar surface area (TPSA) is 76.4 Å². The molecule has 2 aromatic heterocycles. The number of hydrogen-bond acceptors (Lipinski definition) is 4. The Hall–Kier alpha value is -3.35. The largest absolute Gasteiger partial charge is 0.496 e. The maximum atomic E-state index is 5.39. The predicted molar refractivity (Wildman–Crippen MR) is 111 cm³/mol. The molecular formula is C21H26N6O. The number of benzene rings is 1. The molecule has 3 rings (SSSR count). The molecule has 28 heavy (non-hydrogen) atoms. The number of aromatic nitrogens is 3. The minimum absolute atomic E-state index is 0.648. The Kier molecular flexibility index (Phi) is 6.62. The first kappa shape index (κ1) is 19.4. The van der Waals surface area contributed by atoms with Crippen molar-refractivity contribution >= 4 is 5.96 Å². The summed E-state index contributed by atoms with van der Waals surface area (Å²) in [7, 11) is 3.47. The lowest BCUT2D eigenvalue weighted by Crippen LogP contribution is -2.37. The zero-order chi connectivity index (χ0) is 19.8. The van der Waals surface area contributed by atoms with E-state index in [1.165, 1.54) is 5.56 Å². The highest BCUT2D eigenvalue weighted by Crippen LogP contribution is 2.19. The highest BCUT2D eigenvalue weighted by atomic mass is 16.5. The average molecular weight is 378 g/mol. The van der Waals surface area contributed by atoms with Crippen LogP contribution in [0.15, 0.2) is 60.0 Å². The molecule has 0 spiro atoms. The standard InChI is InChI=1S/C21H26N6O/c1-16-5-6-17(13-19(16)28-3)7-11-24-21(22-2)25-15-18-8-10-23-20(14-18)27-12-4-9-26-27/h4-6,8-10,12-14H,7,11,15H2,1-3H3,(H2,22,24,25). The third-order valence-electron chi connectivity index (χ3n) is 4.41. The molecule has 7 nitrogen and oxygen atoms in total. The summed E-state index contributed by atoms with van der Waals surface area (Å²) in [6.45, 7) is 3.47. The van der Waals surface area contributed by atoms with E-state index in [2.05, 4.69) is 43.9 Å². The highest BCUT2D eigenvalue weighted by Gasteiger charge is 2.04. The number of methoxy groups -OCH3 is 1. The van der Waals surface area contributed by atoms with E-state index in [9.17, 15) is 0 Å². The van der Waals surface area contributed by atoms with Crippen LogP contribution in [0, 0.1) is 6.92 Å². The first-order valence-electron chi connectivity index (χ1n) is 9.22. The first-order valence-corrected chi connectivity index (χ1v) is 9.22. The van der Waals surface area contributed by atoms with Crippen molar-refractivity contribution in [1.29, 1.82) is 0 Å². The number of guanidine groups is 1. The maximum Gasteiger partial charge on any atom is 0.191 e. The Morgan fingerprint density at radius 3 is 2.79 bits per heavy atom. The van der Waals surface area contributed by atoms with Crippen LogP contribution in [-0.4, -0.2) is 41.4 Å². The summed E-state index contributed by atoms with van der Waals surface area (Å²) in [4.78, 5) is 8.64. The van der Waals surface area contributed by atoms with Gasteiger partial charge in [-0.3, -0.25) is 4.99 Å². The summed E-state index contributed by atoms with van der Waals surface area (Å²) < 4.78 is 7.13. The van der Waals surface area contributed by atoms with E-state index in [1.807, 2.05) is 31.3 Å². The van der Waals surface area contributed by atoms with Crippen LogP contribution in [0.5, 0.6) is 5.75 Å². The molecule has 0 amide bonds. The van der Waals surface area contributed by atoms with Crippen molar-refractivity contribution in [3.8, 4) is 11.6 Å². The summed E-state index contributed by atoms with van der Waals surface area (Å²) in [6.07, 6.45) is 6.28. The van der Waals surface area contributed by atoms with Crippen LogP contribution < -0.4 is 15.4 Å². The van der Waals surface area contributed by atoms with E-state index in [-0.39, 0.29) is 0 Å². The number of nitrogens with one attached hydrogen (secondary N) is 2. The number of nitrogens with zero attached hydrogens (tertiary/aromatic N) is 4. The van der Waals surface area contributed by atoms with E-state index in [1.54, 1.807) is 31.2 Å². The molecule has 0 saturated carbocycles. The quantitative estimate of drug-likeness (QED) is 0.488. The summed E-state index contributed by atoms with van der Waals surface area (Å²) in [5.74, 6) is 2.47. The molecule has 2 heterocycles. The van der Waals surface area contributed by atoms with Crippen LogP contribution in [0.3, 0.4) is 0 Å². The normalized spacial score (nSPS) is 11.3. The Bertz CT molecular complexity index is 920. The molecule has 1 aromatic carbocycles.